The average Bonchev–Trinajstić information content (AvgIpc) is 3.13. The molecule has 2 aromatic heterocycles. The Balaban J connectivity index is 1.35. The lowest BCUT2D eigenvalue weighted by molar-refractivity contribution is 0.223. The number of carbonyl (C=O) groups excluding carboxylic acids is 1. The molecular weight excluding hydrogens is 422 g/mol. The van der Waals surface area contributed by atoms with Crippen LogP contribution in [0.4, 0.5) is 4.79 Å². The first kappa shape index (κ1) is 18.5. The molecule has 2 N–H and O–H groups in total. The van der Waals surface area contributed by atoms with Gasteiger partial charge in [0.1, 0.15) is 17.4 Å². The molecule has 1 unspecified atom stereocenters. The van der Waals surface area contributed by atoms with Crippen LogP contribution in [0.5, 0.6) is 5.75 Å². The first-order chi connectivity index (χ1) is 13.6. The third-order valence-corrected chi connectivity index (χ3v) is 5.14. The number of rotatable bonds is 4. The minimum Gasteiger partial charge on any atom is -0.493 e. The maximum absolute atomic E-state index is 12.4. The molecule has 0 fully saturated rings. The zero-order valence-electron chi connectivity index (χ0n) is 15.4. The van der Waals surface area contributed by atoms with Crippen LogP contribution in [0.15, 0.2) is 53.4 Å². The largest absolute Gasteiger partial charge is 0.493 e. The molecule has 0 bridgehead atoms. The molecule has 0 saturated heterocycles. The summed E-state index contributed by atoms with van der Waals surface area (Å²) < 4.78 is 8.53. The molecule has 0 spiro atoms. The van der Waals surface area contributed by atoms with E-state index in [1.54, 1.807) is 12.4 Å². The van der Waals surface area contributed by atoms with E-state index in [-0.39, 0.29) is 12.1 Å². The average molecular weight is 442 g/mol. The van der Waals surface area contributed by atoms with Crippen molar-refractivity contribution < 1.29 is 9.53 Å². The summed E-state index contributed by atoms with van der Waals surface area (Å²) in [7, 11) is 0. The van der Waals surface area contributed by atoms with Crippen molar-refractivity contribution in [2.45, 2.75) is 25.9 Å². The zero-order valence-corrected chi connectivity index (χ0v) is 16.9. The minimum atomic E-state index is -0.215. The molecule has 0 radical (unpaired) electrons. The first-order valence-corrected chi connectivity index (χ1v) is 9.81. The molecule has 3 heterocycles. The number of amides is 2. The summed E-state index contributed by atoms with van der Waals surface area (Å²) in [5.41, 5.74) is 1.91. The lowest BCUT2D eigenvalue weighted by Gasteiger charge is -2.27. The van der Waals surface area contributed by atoms with Gasteiger partial charge in [-0.25, -0.2) is 14.8 Å². The van der Waals surface area contributed by atoms with Crippen molar-refractivity contribution in [1.82, 2.24) is 25.2 Å². The third kappa shape index (κ3) is 4.01. The van der Waals surface area contributed by atoms with Crippen LogP contribution in [0.25, 0.3) is 5.82 Å². The second-order valence-corrected chi connectivity index (χ2v) is 7.48. The Morgan fingerprint density at radius 2 is 2.21 bits per heavy atom. The number of aryl methyl sites for hydroxylation is 1. The second-order valence-electron chi connectivity index (χ2n) is 6.57. The van der Waals surface area contributed by atoms with Gasteiger partial charge in [0.2, 0.25) is 0 Å². The monoisotopic (exact) mass is 441 g/mol. The number of halogens is 1. The number of fused-ring (bicyclic) bond motifs is 1. The predicted octanol–water partition coefficient (Wildman–Crippen LogP) is 3.66. The normalized spacial score (nSPS) is 15.4. The van der Waals surface area contributed by atoms with Gasteiger partial charge in [-0.05, 0) is 36.8 Å². The van der Waals surface area contributed by atoms with E-state index in [9.17, 15) is 4.79 Å². The van der Waals surface area contributed by atoms with Crippen molar-refractivity contribution >= 4 is 22.0 Å². The highest BCUT2D eigenvalue weighted by Gasteiger charge is 2.23. The highest BCUT2D eigenvalue weighted by atomic mass is 79.9. The number of carbonyl (C=O) groups is 1. The SMILES string of the molecule is Cc1nccn1-c1ccc(CNC(=O)NC2CCOc3ccc(Br)cc32)cn1. The Labute approximate surface area is 171 Å². The maximum Gasteiger partial charge on any atom is 0.315 e. The number of nitrogens with zero attached hydrogens (tertiary/aromatic N) is 3. The summed E-state index contributed by atoms with van der Waals surface area (Å²) in [6.45, 7) is 2.91. The number of benzene rings is 1. The Hall–Kier alpha value is -2.87. The van der Waals surface area contributed by atoms with Crippen molar-refractivity contribution in [3.05, 3.63) is 70.3 Å². The molecule has 1 aliphatic heterocycles. The van der Waals surface area contributed by atoms with Gasteiger partial charge in [0.25, 0.3) is 0 Å². The van der Waals surface area contributed by atoms with E-state index in [4.69, 9.17) is 4.74 Å². The fourth-order valence-corrected chi connectivity index (χ4v) is 3.57. The van der Waals surface area contributed by atoms with Crippen LogP contribution in [0.3, 0.4) is 0 Å². The minimum absolute atomic E-state index is 0.0778. The number of imidazole rings is 1. The molecule has 8 heteroatoms. The number of hydrogen-bond acceptors (Lipinski definition) is 4. The van der Waals surface area contributed by atoms with Gasteiger partial charge < -0.3 is 15.4 Å². The molecule has 7 nitrogen and oxygen atoms in total. The van der Waals surface area contributed by atoms with E-state index < -0.39 is 0 Å². The fourth-order valence-electron chi connectivity index (χ4n) is 3.19. The first-order valence-electron chi connectivity index (χ1n) is 9.02. The molecule has 0 saturated carbocycles. The van der Waals surface area contributed by atoms with Gasteiger partial charge in [-0.2, -0.15) is 0 Å². The van der Waals surface area contributed by atoms with Crippen LogP contribution in [0.2, 0.25) is 0 Å². The lowest BCUT2D eigenvalue weighted by atomic mass is 10.0. The molecule has 1 aliphatic rings. The van der Waals surface area contributed by atoms with Crippen molar-refractivity contribution in [3.8, 4) is 11.6 Å². The summed E-state index contributed by atoms with van der Waals surface area (Å²) in [5, 5.41) is 5.93. The molecule has 1 aromatic carbocycles. The van der Waals surface area contributed by atoms with E-state index in [0.29, 0.717) is 13.2 Å². The molecule has 28 heavy (non-hydrogen) atoms. The number of aromatic nitrogens is 3. The summed E-state index contributed by atoms with van der Waals surface area (Å²) in [4.78, 5) is 21.0. The Morgan fingerprint density at radius 1 is 1.32 bits per heavy atom. The van der Waals surface area contributed by atoms with Crippen LogP contribution < -0.4 is 15.4 Å². The van der Waals surface area contributed by atoms with Crippen LogP contribution in [-0.2, 0) is 6.54 Å². The van der Waals surface area contributed by atoms with Gasteiger partial charge in [-0.15, -0.1) is 0 Å². The Morgan fingerprint density at radius 3 is 2.96 bits per heavy atom. The second kappa shape index (κ2) is 8.02. The summed E-state index contributed by atoms with van der Waals surface area (Å²) >= 11 is 3.47. The predicted molar refractivity (Wildman–Crippen MR) is 108 cm³/mol. The van der Waals surface area contributed by atoms with Gasteiger partial charge in [-0.3, -0.25) is 4.57 Å². The fraction of sp³-hybridized carbons (Fsp3) is 0.250. The van der Waals surface area contributed by atoms with Crippen LogP contribution in [0, 0.1) is 6.92 Å². The molecule has 1 atom stereocenters. The summed E-state index contributed by atoms with van der Waals surface area (Å²) in [6, 6.07) is 9.40. The number of hydrogen-bond donors (Lipinski definition) is 2. The van der Waals surface area contributed by atoms with Gasteiger partial charge in [0, 0.05) is 41.6 Å². The quantitative estimate of drug-likeness (QED) is 0.647. The Kier molecular flexibility index (Phi) is 5.29. The van der Waals surface area contributed by atoms with Crippen LogP contribution >= 0.6 is 15.9 Å². The number of ether oxygens (including phenoxy) is 1. The smallest absolute Gasteiger partial charge is 0.315 e. The number of nitrogens with one attached hydrogen (secondary N) is 2. The number of urea groups is 1. The molecule has 2 amide bonds. The van der Waals surface area contributed by atoms with E-state index >= 15 is 0 Å². The van der Waals surface area contributed by atoms with E-state index in [1.165, 1.54) is 0 Å². The molecular formula is C20H20BrN5O2. The number of pyridine rings is 1. The standard InChI is InChI=1S/C20H20BrN5O2/c1-13-22-7-8-26(13)19-5-2-14(11-23-19)12-24-20(27)25-17-6-9-28-18-4-3-15(21)10-16(17)18/h2-5,7-8,10-11,17H,6,9,12H2,1H3,(H2,24,25,27). The molecule has 3 aromatic rings. The zero-order chi connectivity index (χ0) is 19.5. The Bertz CT molecular complexity index is 987. The summed E-state index contributed by atoms with van der Waals surface area (Å²) in [5.74, 6) is 2.49. The van der Waals surface area contributed by atoms with Gasteiger partial charge >= 0.3 is 6.03 Å². The lowest BCUT2D eigenvalue weighted by Crippen LogP contribution is -2.39. The van der Waals surface area contributed by atoms with Crippen molar-refractivity contribution in [2.24, 2.45) is 0 Å². The van der Waals surface area contributed by atoms with E-state index in [0.717, 1.165) is 39.4 Å². The highest BCUT2D eigenvalue weighted by Crippen LogP contribution is 2.33. The highest BCUT2D eigenvalue weighted by molar-refractivity contribution is 9.10. The summed E-state index contributed by atoms with van der Waals surface area (Å²) in [6.07, 6.45) is 6.10. The third-order valence-electron chi connectivity index (χ3n) is 4.65. The molecule has 144 valence electrons. The van der Waals surface area contributed by atoms with Crippen molar-refractivity contribution in [3.63, 3.8) is 0 Å². The van der Waals surface area contributed by atoms with Crippen molar-refractivity contribution in [2.75, 3.05) is 6.61 Å². The van der Waals surface area contributed by atoms with E-state index in [2.05, 4.69) is 36.5 Å². The van der Waals surface area contributed by atoms with Crippen LogP contribution in [-0.4, -0.2) is 27.2 Å². The van der Waals surface area contributed by atoms with Gasteiger partial charge in [-0.1, -0.05) is 22.0 Å². The van der Waals surface area contributed by atoms with E-state index in [1.807, 2.05) is 48.0 Å². The topological polar surface area (TPSA) is 81.1 Å². The van der Waals surface area contributed by atoms with Gasteiger partial charge in [0.05, 0.1) is 12.6 Å². The van der Waals surface area contributed by atoms with Crippen molar-refractivity contribution in [1.29, 1.82) is 0 Å². The van der Waals surface area contributed by atoms with Crippen LogP contribution in [0.1, 0.15) is 29.4 Å². The van der Waals surface area contributed by atoms with Gasteiger partial charge in [0.15, 0.2) is 0 Å². The molecule has 0 aliphatic carbocycles. The maximum atomic E-state index is 12.4. The molecule has 4 rings (SSSR count).